The Labute approximate surface area is 212 Å². The number of allylic oxidation sites excluding steroid dienone is 1. The van der Waals surface area contributed by atoms with Crippen LogP contribution in [0.5, 0.6) is 11.5 Å². The van der Waals surface area contributed by atoms with E-state index in [4.69, 9.17) is 23.1 Å². The van der Waals surface area contributed by atoms with Crippen LogP contribution in [0.1, 0.15) is 77.8 Å². The van der Waals surface area contributed by atoms with E-state index >= 15 is 0 Å². The number of hydrogen-bond donors (Lipinski definition) is 0. The molecule has 2 rings (SSSR count). The number of carbonyl (C=O) groups excluding carboxylic acids is 2. The quantitative estimate of drug-likeness (QED) is 0.117. The average molecular weight is 506 g/mol. The van der Waals surface area contributed by atoms with Crippen LogP contribution in [0.15, 0.2) is 24.3 Å². The third kappa shape index (κ3) is 6.90. The van der Waals surface area contributed by atoms with Gasteiger partial charge in [-0.1, -0.05) is 26.3 Å². The number of rotatable bonds is 10. The lowest BCUT2D eigenvalue weighted by Crippen LogP contribution is -2.54. The van der Waals surface area contributed by atoms with Gasteiger partial charge in [0.25, 0.3) is 0 Å². The number of methoxy groups -OCH3 is 2. The Morgan fingerprint density at radius 3 is 2.17 bits per heavy atom. The summed E-state index contributed by atoms with van der Waals surface area (Å²) in [5.41, 5.74) is 2.31. The molecular weight excluding hydrogens is 460 g/mol. The van der Waals surface area contributed by atoms with Gasteiger partial charge in [0.05, 0.1) is 14.2 Å². The van der Waals surface area contributed by atoms with Crippen LogP contribution in [-0.2, 0) is 23.8 Å². The second-order valence-corrected chi connectivity index (χ2v) is 16.0. The summed E-state index contributed by atoms with van der Waals surface area (Å²) < 4.78 is 30.0. The molecule has 0 saturated heterocycles. The number of hydrogen-bond acceptors (Lipinski definition) is 5. The molecule has 1 aliphatic rings. The zero-order valence-electron chi connectivity index (χ0n) is 23.6. The van der Waals surface area contributed by atoms with Crippen LogP contribution < -0.4 is 9.47 Å². The smallest absolute Gasteiger partial charge is 0.481 e. The molecule has 1 heterocycles. The number of cyclic esters (lactones) is 1. The van der Waals surface area contributed by atoms with Gasteiger partial charge in [-0.15, -0.1) is 6.58 Å². The molecule has 0 bridgehead atoms. The van der Waals surface area contributed by atoms with E-state index in [1.807, 2.05) is 19.1 Å². The van der Waals surface area contributed by atoms with Gasteiger partial charge in [-0.2, -0.15) is 0 Å². The highest BCUT2D eigenvalue weighted by molar-refractivity contribution is 6.71. The lowest BCUT2D eigenvalue weighted by atomic mass is 9.67. The summed E-state index contributed by atoms with van der Waals surface area (Å²) in [5.74, 6) is -0.182. The molecule has 0 spiro atoms. The third-order valence-electron chi connectivity index (χ3n) is 6.29. The van der Waals surface area contributed by atoms with E-state index in [-0.39, 0.29) is 11.9 Å². The summed E-state index contributed by atoms with van der Waals surface area (Å²) in [5, 5.41) is 0. The van der Waals surface area contributed by atoms with Gasteiger partial charge in [0.1, 0.15) is 11.5 Å². The van der Waals surface area contributed by atoms with Crippen molar-refractivity contribution in [3.05, 3.63) is 35.4 Å². The monoisotopic (exact) mass is 505 g/mol. The molecular formula is C28H45O6Si+. The summed E-state index contributed by atoms with van der Waals surface area (Å²) in [4.78, 5) is 13.6. The summed E-state index contributed by atoms with van der Waals surface area (Å²) in [6, 6.07) is 4.05. The van der Waals surface area contributed by atoms with Gasteiger partial charge in [-0.05, 0) is 69.4 Å². The minimum Gasteiger partial charge on any atom is -0.496 e. The highest BCUT2D eigenvalue weighted by atomic mass is 28.4. The van der Waals surface area contributed by atoms with Gasteiger partial charge in [0, 0.05) is 24.8 Å². The fourth-order valence-electron chi connectivity index (χ4n) is 4.67. The lowest BCUT2D eigenvalue weighted by Gasteiger charge is -2.38. The third-order valence-corrected chi connectivity index (χ3v) is 7.10. The topological polar surface area (TPSA) is 65.3 Å². The van der Waals surface area contributed by atoms with Crippen molar-refractivity contribution in [2.75, 3.05) is 14.2 Å². The number of ether oxygens (including phenoxy) is 3. The van der Waals surface area contributed by atoms with E-state index in [2.05, 4.69) is 47.0 Å². The van der Waals surface area contributed by atoms with E-state index < -0.39 is 25.4 Å². The lowest BCUT2D eigenvalue weighted by molar-refractivity contribution is -0.612. The van der Waals surface area contributed by atoms with Gasteiger partial charge in [-0.25, -0.2) is 0 Å². The van der Waals surface area contributed by atoms with Crippen LogP contribution in [0.25, 0.3) is 0 Å². The summed E-state index contributed by atoms with van der Waals surface area (Å²) >= 11 is 0. The number of benzene rings is 1. The van der Waals surface area contributed by atoms with Crippen molar-refractivity contribution in [1.29, 1.82) is 0 Å². The van der Waals surface area contributed by atoms with Gasteiger partial charge in [0.2, 0.25) is 5.92 Å². The molecule has 1 aliphatic heterocycles. The zero-order chi connectivity index (χ0) is 26.8. The molecule has 196 valence electrons. The largest absolute Gasteiger partial charge is 0.496 e. The Morgan fingerprint density at radius 1 is 1.20 bits per heavy atom. The second kappa shape index (κ2) is 10.8. The zero-order valence-corrected chi connectivity index (χ0v) is 24.6. The Bertz CT molecular complexity index is 947. The van der Waals surface area contributed by atoms with Crippen molar-refractivity contribution in [3.63, 3.8) is 0 Å². The maximum absolute atomic E-state index is 13.6. The van der Waals surface area contributed by atoms with E-state index in [1.165, 1.54) is 0 Å². The Kier molecular flexibility index (Phi) is 8.91. The first-order valence-corrected chi connectivity index (χ1v) is 15.8. The summed E-state index contributed by atoms with van der Waals surface area (Å²) in [6.45, 7) is 22.1. The Balaban J connectivity index is 2.79. The molecule has 0 aliphatic carbocycles. The first-order chi connectivity index (χ1) is 16.0. The van der Waals surface area contributed by atoms with Crippen LogP contribution in [0.3, 0.4) is 0 Å². The normalized spacial score (nSPS) is 19.5. The Morgan fingerprint density at radius 2 is 1.74 bits per heavy atom. The van der Waals surface area contributed by atoms with Gasteiger partial charge >= 0.3 is 26.0 Å². The molecule has 0 amide bonds. The standard InChI is InChI=1S/C28H45O6Si/c1-18(2)14-13-15-28(7,20-16-21(30-8)23(19(3)4)22(17-20)31-9)24-25(29)32-27(5,6)33-26(24)34-35(10,11)12/h16-17,19,24H,1,13-15H2,2-12H3/q+1. The molecule has 1 aromatic rings. The molecule has 1 aromatic carbocycles. The molecule has 2 unspecified atom stereocenters. The fourth-order valence-corrected chi connectivity index (χ4v) is 5.43. The van der Waals surface area contributed by atoms with Crippen molar-refractivity contribution in [1.82, 2.24) is 0 Å². The first-order valence-electron chi connectivity index (χ1n) is 12.4. The maximum Gasteiger partial charge on any atom is 0.481 e. The molecule has 0 fully saturated rings. The van der Waals surface area contributed by atoms with Crippen molar-refractivity contribution in [2.45, 2.75) is 97.6 Å². The molecule has 6 nitrogen and oxygen atoms in total. The first kappa shape index (κ1) is 29.0. The van der Waals surface area contributed by atoms with Crippen LogP contribution in [0.4, 0.5) is 0 Å². The van der Waals surface area contributed by atoms with E-state index in [1.54, 1.807) is 28.1 Å². The second-order valence-electron chi connectivity index (χ2n) is 11.6. The van der Waals surface area contributed by atoms with Gasteiger partial charge < -0.3 is 18.6 Å². The van der Waals surface area contributed by atoms with Crippen molar-refractivity contribution in [2.24, 2.45) is 5.92 Å². The summed E-state index contributed by atoms with van der Waals surface area (Å²) in [7, 11) is 1.22. The molecule has 0 aromatic heterocycles. The van der Waals surface area contributed by atoms with Crippen LogP contribution in [-0.4, -0.2) is 40.3 Å². The fraction of sp³-hybridized carbons (Fsp3) is 0.643. The minimum atomic E-state index is -2.10. The van der Waals surface area contributed by atoms with Gasteiger partial charge in [0.15, 0.2) is 0 Å². The molecule has 0 radical (unpaired) electrons. The summed E-state index contributed by atoms with van der Waals surface area (Å²) in [6.07, 6.45) is 2.39. The molecule has 7 heteroatoms. The highest BCUT2D eigenvalue weighted by Gasteiger charge is 2.58. The highest BCUT2D eigenvalue weighted by Crippen LogP contribution is 2.46. The molecule has 2 atom stereocenters. The van der Waals surface area contributed by atoms with Crippen LogP contribution in [0, 0.1) is 5.92 Å². The Hall–Kier alpha value is -2.28. The molecule has 0 N–H and O–H groups in total. The number of esters is 1. The van der Waals surface area contributed by atoms with Gasteiger partial charge in [-0.3, -0.25) is 9.22 Å². The van der Waals surface area contributed by atoms with Crippen molar-refractivity contribution < 1.29 is 27.9 Å². The van der Waals surface area contributed by atoms with Crippen LogP contribution >= 0.6 is 0 Å². The maximum atomic E-state index is 13.6. The van der Waals surface area contributed by atoms with E-state index in [0.29, 0.717) is 12.4 Å². The van der Waals surface area contributed by atoms with Crippen molar-refractivity contribution >= 4 is 20.3 Å². The predicted molar refractivity (Wildman–Crippen MR) is 143 cm³/mol. The average Bonchev–Trinajstić information content (AvgIpc) is 2.69. The predicted octanol–water partition coefficient (Wildman–Crippen LogP) is 6.65. The van der Waals surface area contributed by atoms with E-state index in [9.17, 15) is 4.79 Å². The molecule has 0 saturated carbocycles. The van der Waals surface area contributed by atoms with E-state index in [0.717, 1.165) is 41.0 Å². The van der Waals surface area contributed by atoms with Crippen LogP contribution in [0.2, 0.25) is 19.6 Å². The SMILES string of the molecule is C=C(C)CCCC(C)(c1cc(OC)c(C(C)C)c(OC)c1)C1C(=O)OC(C)(C)[O+]=C1O[Si](C)(C)C. The number of carbonyl (C=O) groups is 1. The van der Waals surface area contributed by atoms with Crippen molar-refractivity contribution in [3.8, 4) is 11.5 Å². The molecule has 35 heavy (non-hydrogen) atoms. The minimum absolute atomic E-state index is 0.199.